The second-order valence-corrected chi connectivity index (χ2v) is 7.26. The first-order chi connectivity index (χ1) is 13.1. The van der Waals surface area contributed by atoms with Gasteiger partial charge in [0, 0.05) is 64.9 Å². The Balaban J connectivity index is 1.55. The van der Waals surface area contributed by atoms with E-state index in [4.69, 9.17) is 4.74 Å². The number of piperazine rings is 1. The highest BCUT2D eigenvalue weighted by atomic mass is 19.1. The predicted octanol–water partition coefficient (Wildman–Crippen LogP) is 1.35. The fourth-order valence-electron chi connectivity index (χ4n) is 3.77. The molecule has 2 aliphatic rings. The van der Waals surface area contributed by atoms with Crippen molar-refractivity contribution in [1.29, 1.82) is 0 Å². The number of piperidine rings is 1. The number of likely N-dealkylation sites (tertiary alicyclic amines) is 1. The molecule has 7 heteroatoms. The van der Waals surface area contributed by atoms with Crippen LogP contribution in [0.2, 0.25) is 0 Å². The van der Waals surface area contributed by atoms with Crippen LogP contribution in [0.5, 0.6) is 0 Å². The van der Waals surface area contributed by atoms with Crippen LogP contribution in [0.15, 0.2) is 24.3 Å². The van der Waals surface area contributed by atoms with Crippen LogP contribution in [-0.4, -0.2) is 79.5 Å². The van der Waals surface area contributed by atoms with E-state index in [9.17, 15) is 14.0 Å². The van der Waals surface area contributed by atoms with Gasteiger partial charge >= 0.3 is 0 Å². The van der Waals surface area contributed by atoms with Crippen LogP contribution >= 0.6 is 0 Å². The number of carbonyl (C=O) groups excluding carboxylic acids is 2. The number of methoxy groups -OCH3 is 1. The molecule has 6 nitrogen and oxygen atoms in total. The van der Waals surface area contributed by atoms with Gasteiger partial charge < -0.3 is 14.5 Å². The summed E-state index contributed by atoms with van der Waals surface area (Å²) in [4.78, 5) is 31.0. The van der Waals surface area contributed by atoms with Gasteiger partial charge in [-0.05, 0) is 12.5 Å². The van der Waals surface area contributed by atoms with Crippen molar-refractivity contribution < 1.29 is 18.7 Å². The third kappa shape index (κ3) is 5.05. The number of hydrogen-bond donors (Lipinski definition) is 0. The average molecular weight is 377 g/mol. The molecule has 2 saturated heterocycles. The zero-order chi connectivity index (χ0) is 19.2. The van der Waals surface area contributed by atoms with Crippen LogP contribution in [0.1, 0.15) is 18.4 Å². The SMILES string of the molecule is COCCN1CCN(C(=O)[C@@H]2CCC(=O)N(Cc3ccccc3F)C2)CC1. The molecule has 0 aromatic heterocycles. The van der Waals surface area contributed by atoms with Gasteiger partial charge in [0.25, 0.3) is 0 Å². The normalized spacial score (nSPS) is 21.6. The molecule has 2 heterocycles. The first-order valence-electron chi connectivity index (χ1n) is 9.59. The Bertz CT molecular complexity index is 662. The molecule has 2 aliphatic heterocycles. The van der Waals surface area contributed by atoms with Gasteiger partial charge in [-0.1, -0.05) is 18.2 Å². The lowest BCUT2D eigenvalue weighted by Gasteiger charge is -2.39. The molecule has 0 radical (unpaired) electrons. The number of amides is 2. The first kappa shape index (κ1) is 19.8. The Labute approximate surface area is 159 Å². The first-order valence-corrected chi connectivity index (χ1v) is 9.59. The summed E-state index contributed by atoms with van der Waals surface area (Å²) in [5.41, 5.74) is 0.491. The van der Waals surface area contributed by atoms with Crippen molar-refractivity contribution in [3.63, 3.8) is 0 Å². The predicted molar refractivity (Wildman–Crippen MR) is 99.4 cm³/mol. The number of rotatable bonds is 6. The van der Waals surface area contributed by atoms with Crippen LogP contribution in [0.25, 0.3) is 0 Å². The third-order valence-electron chi connectivity index (χ3n) is 5.46. The summed E-state index contributed by atoms with van der Waals surface area (Å²) in [7, 11) is 1.69. The van der Waals surface area contributed by atoms with Gasteiger partial charge in [0.1, 0.15) is 5.82 Å². The summed E-state index contributed by atoms with van der Waals surface area (Å²) < 4.78 is 19.0. The van der Waals surface area contributed by atoms with Crippen molar-refractivity contribution in [2.24, 2.45) is 5.92 Å². The second-order valence-electron chi connectivity index (χ2n) is 7.26. The van der Waals surface area contributed by atoms with Gasteiger partial charge in [0.15, 0.2) is 0 Å². The van der Waals surface area contributed by atoms with Crippen LogP contribution in [-0.2, 0) is 20.9 Å². The van der Waals surface area contributed by atoms with Gasteiger partial charge in [0.05, 0.1) is 12.5 Å². The van der Waals surface area contributed by atoms with E-state index in [1.165, 1.54) is 6.07 Å². The molecule has 0 unspecified atom stereocenters. The zero-order valence-electron chi connectivity index (χ0n) is 15.9. The van der Waals surface area contributed by atoms with E-state index in [0.29, 0.717) is 44.6 Å². The van der Waals surface area contributed by atoms with Crippen molar-refractivity contribution >= 4 is 11.8 Å². The van der Waals surface area contributed by atoms with Crippen LogP contribution in [0.3, 0.4) is 0 Å². The summed E-state index contributed by atoms with van der Waals surface area (Å²) in [6, 6.07) is 6.48. The highest BCUT2D eigenvalue weighted by molar-refractivity contribution is 5.84. The van der Waals surface area contributed by atoms with Gasteiger partial charge in [-0.2, -0.15) is 0 Å². The molecule has 1 atom stereocenters. The number of halogens is 1. The van der Waals surface area contributed by atoms with Crippen molar-refractivity contribution in [3.05, 3.63) is 35.6 Å². The molecule has 1 aromatic carbocycles. The molecule has 1 aromatic rings. The largest absolute Gasteiger partial charge is 0.383 e. The van der Waals surface area contributed by atoms with E-state index in [2.05, 4.69) is 4.90 Å². The van der Waals surface area contributed by atoms with E-state index in [-0.39, 0.29) is 30.1 Å². The van der Waals surface area contributed by atoms with Crippen molar-refractivity contribution in [1.82, 2.24) is 14.7 Å². The summed E-state index contributed by atoms with van der Waals surface area (Å²) in [6.07, 6.45) is 0.925. The van der Waals surface area contributed by atoms with E-state index in [0.717, 1.165) is 19.6 Å². The standard InChI is InChI=1S/C20H28FN3O3/c1-27-13-12-22-8-10-23(11-9-22)20(26)17-6-7-19(25)24(15-17)14-16-4-2-3-5-18(16)21/h2-5,17H,6-15H2,1H3/t17-/m1/s1. The summed E-state index contributed by atoms with van der Waals surface area (Å²) in [5.74, 6) is -0.398. The molecule has 0 aliphatic carbocycles. The van der Waals surface area contributed by atoms with Crippen LogP contribution in [0.4, 0.5) is 4.39 Å². The second kappa shape index (κ2) is 9.28. The molecule has 0 saturated carbocycles. The lowest BCUT2D eigenvalue weighted by Crippen LogP contribution is -2.53. The van der Waals surface area contributed by atoms with Gasteiger partial charge in [0.2, 0.25) is 11.8 Å². The zero-order valence-corrected chi connectivity index (χ0v) is 15.9. The molecule has 2 fully saturated rings. The summed E-state index contributed by atoms with van der Waals surface area (Å²) in [5, 5.41) is 0. The van der Waals surface area contributed by atoms with Gasteiger partial charge in [-0.25, -0.2) is 4.39 Å². The quantitative estimate of drug-likeness (QED) is 0.751. The Morgan fingerprint density at radius 1 is 1.22 bits per heavy atom. The van der Waals surface area contributed by atoms with Crippen molar-refractivity contribution in [2.75, 3.05) is 53.0 Å². The van der Waals surface area contributed by atoms with Gasteiger partial charge in [-0.3, -0.25) is 14.5 Å². The molecule has 0 bridgehead atoms. The fraction of sp³-hybridized carbons (Fsp3) is 0.600. The number of ether oxygens (including phenoxy) is 1. The lowest BCUT2D eigenvalue weighted by atomic mass is 9.95. The monoisotopic (exact) mass is 377 g/mol. The minimum atomic E-state index is -0.314. The van der Waals surface area contributed by atoms with Gasteiger partial charge in [-0.15, -0.1) is 0 Å². The number of benzene rings is 1. The fourth-order valence-corrected chi connectivity index (χ4v) is 3.77. The number of hydrogen-bond acceptors (Lipinski definition) is 4. The maximum Gasteiger partial charge on any atom is 0.227 e. The number of carbonyl (C=O) groups is 2. The topological polar surface area (TPSA) is 53.1 Å². The Morgan fingerprint density at radius 3 is 2.67 bits per heavy atom. The molecule has 2 amide bonds. The van der Waals surface area contributed by atoms with E-state index in [1.54, 1.807) is 30.2 Å². The van der Waals surface area contributed by atoms with E-state index >= 15 is 0 Å². The maximum absolute atomic E-state index is 13.9. The van der Waals surface area contributed by atoms with E-state index in [1.807, 2.05) is 4.90 Å². The minimum absolute atomic E-state index is 0.00770. The van der Waals surface area contributed by atoms with Crippen LogP contribution < -0.4 is 0 Å². The lowest BCUT2D eigenvalue weighted by molar-refractivity contribution is -0.144. The molecule has 0 spiro atoms. The van der Waals surface area contributed by atoms with E-state index < -0.39 is 0 Å². The smallest absolute Gasteiger partial charge is 0.227 e. The molecule has 27 heavy (non-hydrogen) atoms. The number of nitrogens with zero attached hydrogens (tertiary/aromatic N) is 3. The molecule has 148 valence electrons. The molecular formula is C20H28FN3O3. The average Bonchev–Trinajstić information content (AvgIpc) is 2.69. The Kier molecular flexibility index (Phi) is 6.79. The molecular weight excluding hydrogens is 349 g/mol. The van der Waals surface area contributed by atoms with Crippen molar-refractivity contribution in [3.8, 4) is 0 Å². The highest BCUT2D eigenvalue weighted by Crippen LogP contribution is 2.23. The maximum atomic E-state index is 13.9. The highest BCUT2D eigenvalue weighted by Gasteiger charge is 2.34. The van der Waals surface area contributed by atoms with Crippen molar-refractivity contribution in [2.45, 2.75) is 19.4 Å². The summed E-state index contributed by atoms with van der Waals surface area (Å²) >= 11 is 0. The Morgan fingerprint density at radius 2 is 1.96 bits per heavy atom. The molecule has 0 N–H and O–H groups in total. The third-order valence-corrected chi connectivity index (χ3v) is 5.46. The molecule has 3 rings (SSSR count). The Hall–Kier alpha value is -1.99. The summed E-state index contributed by atoms with van der Waals surface area (Å²) in [6.45, 7) is 5.28. The van der Waals surface area contributed by atoms with Crippen LogP contribution in [0, 0.1) is 11.7 Å². The minimum Gasteiger partial charge on any atom is -0.383 e.